The van der Waals surface area contributed by atoms with Gasteiger partial charge in [-0.25, -0.2) is 0 Å². The highest BCUT2D eigenvalue weighted by atomic mass is 16.3. The Kier molecular flexibility index (Phi) is 4.79. The van der Waals surface area contributed by atoms with Crippen molar-refractivity contribution >= 4 is 6.29 Å². The third-order valence-corrected chi connectivity index (χ3v) is 3.68. The molecule has 0 aliphatic heterocycles. The van der Waals surface area contributed by atoms with Gasteiger partial charge in [-0.05, 0) is 17.8 Å². The summed E-state index contributed by atoms with van der Waals surface area (Å²) in [6.07, 6.45) is 0.348. The predicted molar refractivity (Wildman–Crippen MR) is 59.0 cm³/mol. The summed E-state index contributed by atoms with van der Waals surface area (Å²) in [5.74, 6) is 0.701. The maximum Gasteiger partial charge on any atom is 0.128 e. The monoisotopic (exact) mass is 200 g/mol. The number of hydrogen-bond acceptors (Lipinski definition) is 2. The van der Waals surface area contributed by atoms with Crippen LogP contribution >= 0.6 is 0 Å². The molecule has 1 N–H and O–H groups in total. The first-order valence-corrected chi connectivity index (χ1v) is 5.41. The predicted octanol–water partition coefficient (Wildman–Crippen LogP) is 2.50. The molecule has 3 unspecified atom stereocenters. The fraction of sp³-hybridized carbons (Fsp3) is 0.917. The van der Waals surface area contributed by atoms with Crippen LogP contribution in [0.4, 0.5) is 0 Å². The van der Waals surface area contributed by atoms with E-state index in [9.17, 15) is 9.90 Å². The molecule has 0 aromatic carbocycles. The molecular weight excluding hydrogens is 176 g/mol. The normalized spacial score (nSPS) is 20.6. The second-order valence-electron chi connectivity index (χ2n) is 5.19. The van der Waals surface area contributed by atoms with Crippen LogP contribution in [0.2, 0.25) is 0 Å². The van der Waals surface area contributed by atoms with Gasteiger partial charge in [0, 0.05) is 0 Å². The molecule has 0 aliphatic carbocycles. The van der Waals surface area contributed by atoms with Gasteiger partial charge >= 0.3 is 0 Å². The zero-order valence-electron chi connectivity index (χ0n) is 10.2. The van der Waals surface area contributed by atoms with Gasteiger partial charge in [-0.1, -0.05) is 41.5 Å². The summed E-state index contributed by atoms with van der Waals surface area (Å²) in [6, 6.07) is 0. The van der Waals surface area contributed by atoms with Gasteiger partial charge in [0.2, 0.25) is 0 Å². The highest BCUT2D eigenvalue weighted by molar-refractivity contribution is 5.60. The lowest BCUT2D eigenvalue weighted by atomic mass is 9.69. The van der Waals surface area contributed by atoms with Gasteiger partial charge in [0.05, 0.1) is 11.5 Å². The first-order chi connectivity index (χ1) is 6.27. The van der Waals surface area contributed by atoms with Gasteiger partial charge in [-0.15, -0.1) is 0 Å². The minimum atomic E-state index is -0.621. The SMILES string of the molecule is CC(C)C(C)C(O)C(C)(C=O)C(C)C. The quantitative estimate of drug-likeness (QED) is 0.692. The molecule has 0 amide bonds. The van der Waals surface area contributed by atoms with Crippen LogP contribution in [0.5, 0.6) is 0 Å². The van der Waals surface area contributed by atoms with Crippen LogP contribution in [0.1, 0.15) is 41.5 Å². The third-order valence-electron chi connectivity index (χ3n) is 3.68. The number of hydrogen-bond donors (Lipinski definition) is 1. The van der Waals surface area contributed by atoms with Gasteiger partial charge in [-0.3, -0.25) is 0 Å². The Balaban J connectivity index is 4.78. The zero-order chi connectivity index (χ0) is 11.5. The minimum Gasteiger partial charge on any atom is -0.392 e. The molecule has 0 saturated heterocycles. The first kappa shape index (κ1) is 13.6. The molecule has 2 heteroatoms. The molecule has 0 saturated carbocycles. The van der Waals surface area contributed by atoms with Crippen molar-refractivity contribution in [3.63, 3.8) is 0 Å². The topological polar surface area (TPSA) is 37.3 Å². The summed E-state index contributed by atoms with van der Waals surface area (Å²) in [5.41, 5.74) is -0.621. The largest absolute Gasteiger partial charge is 0.392 e. The Morgan fingerprint density at radius 1 is 1.14 bits per heavy atom. The molecule has 14 heavy (non-hydrogen) atoms. The summed E-state index contributed by atoms with van der Waals surface area (Å²) >= 11 is 0. The van der Waals surface area contributed by atoms with Gasteiger partial charge in [-0.2, -0.15) is 0 Å². The molecule has 2 nitrogen and oxygen atoms in total. The third kappa shape index (κ3) is 2.57. The number of aliphatic hydroxyl groups is 1. The van der Waals surface area contributed by atoms with E-state index in [0.717, 1.165) is 6.29 Å². The highest BCUT2D eigenvalue weighted by Crippen LogP contribution is 2.34. The molecule has 0 fully saturated rings. The van der Waals surface area contributed by atoms with E-state index >= 15 is 0 Å². The number of carbonyl (C=O) groups excluding carboxylic acids is 1. The molecule has 0 aromatic rings. The molecule has 0 aliphatic rings. The Morgan fingerprint density at radius 2 is 1.57 bits per heavy atom. The molecule has 0 bridgehead atoms. The smallest absolute Gasteiger partial charge is 0.128 e. The summed E-state index contributed by atoms with van der Waals surface area (Å²) < 4.78 is 0. The lowest BCUT2D eigenvalue weighted by Crippen LogP contribution is -2.43. The van der Waals surface area contributed by atoms with Crippen LogP contribution in [-0.4, -0.2) is 17.5 Å². The highest BCUT2D eigenvalue weighted by Gasteiger charge is 2.39. The van der Waals surface area contributed by atoms with Gasteiger partial charge in [0.15, 0.2) is 0 Å². The van der Waals surface area contributed by atoms with Crippen LogP contribution in [0.15, 0.2) is 0 Å². The second kappa shape index (κ2) is 4.92. The Hall–Kier alpha value is -0.370. The maximum absolute atomic E-state index is 11.1. The fourth-order valence-corrected chi connectivity index (χ4v) is 1.48. The first-order valence-electron chi connectivity index (χ1n) is 5.41. The zero-order valence-corrected chi connectivity index (χ0v) is 10.2. The van der Waals surface area contributed by atoms with E-state index in [1.807, 2.05) is 27.7 Å². The number of rotatable bonds is 5. The Labute approximate surface area is 87.7 Å². The molecule has 0 heterocycles. The van der Waals surface area contributed by atoms with Crippen molar-refractivity contribution in [2.24, 2.45) is 23.2 Å². The molecule has 84 valence electrons. The molecule has 3 atom stereocenters. The number of aliphatic hydroxyl groups excluding tert-OH is 1. The van der Waals surface area contributed by atoms with E-state index in [1.54, 1.807) is 0 Å². The van der Waals surface area contributed by atoms with Crippen LogP contribution < -0.4 is 0 Å². The van der Waals surface area contributed by atoms with E-state index in [2.05, 4.69) is 13.8 Å². The van der Waals surface area contributed by atoms with Crippen molar-refractivity contribution in [2.75, 3.05) is 0 Å². The van der Waals surface area contributed by atoms with Crippen molar-refractivity contribution in [3.05, 3.63) is 0 Å². The fourth-order valence-electron chi connectivity index (χ4n) is 1.48. The van der Waals surface area contributed by atoms with Crippen molar-refractivity contribution in [3.8, 4) is 0 Å². The summed E-state index contributed by atoms with van der Waals surface area (Å²) in [5, 5.41) is 10.1. The Morgan fingerprint density at radius 3 is 1.79 bits per heavy atom. The second-order valence-corrected chi connectivity index (χ2v) is 5.19. The molecular formula is C12H24O2. The van der Waals surface area contributed by atoms with E-state index in [-0.39, 0.29) is 11.8 Å². The van der Waals surface area contributed by atoms with Crippen LogP contribution in [0, 0.1) is 23.2 Å². The van der Waals surface area contributed by atoms with E-state index in [1.165, 1.54) is 0 Å². The van der Waals surface area contributed by atoms with E-state index in [0.29, 0.717) is 5.92 Å². The van der Waals surface area contributed by atoms with Crippen molar-refractivity contribution in [2.45, 2.75) is 47.6 Å². The standard InChI is InChI=1S/C12H24O2/c1-8(2)10(5)11(14)12(6,7-13)9(3)4/h7-11,14H,1-6H3. The lowest BCUT2D eigenvalue weighted by molar-refractivity contribution is -0.129. The van der Waals surface area contributed by atoms with Gasteiger partial charge in [0.25, 0.3) is 0 Å². The summed E-state index contributed by atoms with van der Waals surface area (Å²) in [6.45, 7) is 11.9. The van der Waals surface area contributed by atoms with Crippen molar-refractivity contribution in [1.82, 2.24) is 0 Å². The molecule has 0 radical (unpaired) electrons. The molecule has 0 aromatic heterocycles. The minimum absolute atomic E-state index is 0.146. The van der Waals surface area contributed by atoms with E-state index < -0.39 is 11.5 Å². The van der Waals surface area contributed by atoms with Crippen LogP contribution in [-0.2, 0) is 4.79 Å². The molecule has 0 spiro atoms. The van der Waals surface area contributed by atoms with Gasteiger partial charge in [0.1, 0.15) is 6.29 Å². The van der Waals surface area contributed by atoms with Crippen LogP contribution in [0.3, 0.4) is 0 Å². The van der Waals surface area contributed by atoms with Gasteiger partial charge < -0.3 is 9.90 Å². The summed E-state index contributed by atoms with van der Waals surface area (Å²) in [7, 11) is 0. The van der Waals surface area contributed by atoms with Crippen molar-refractivity contribution < 1.29 is 9.90 Å². The summed E-state index contributed by atoms with van der Waals surface area (Å²) in [4.78, 5) is 11.1. The molecule has 0 rings (SSSR count). The Bertz CT molecular complexity index is 187. The average molecular weight is 200 g/mol. The lowest BCUT2D eigenvalue weighted by Gasteiger charge is -2.37. The van der Waals surface area contributed by atoms with Crippen LogP contribution in [0.25, 0.3) is 0 Å². The van der Waals surface area contributed by atoms with E-state index in [4.69, 9.17) is 0 Å². The maximum atomic E-state index is 11.1. The number of carbonyl (C=O) groups is 1. The van der Waals surface area contributed by atoms with Crippen molar-refractivity contribution in [1.29, 1.82) is 0 Å². The number of aldehydes is 1. The average Bonchev–Trinajstić information content (AvgIpc) is 2.13.